The molecule has 514 valence electrons. The fraction of sp³-hybridized carbons (Fsp3) is 0.568. The maximum absolute atomic E-state index is 13.2. The van der Waals surface area contributed by atoms with Crippen LogP contribution in [0.15, 0.2) is 11.0 Å². The Morgan fingerprint density at radius 2 is 1.26 bits per heavy atom. The number of ether oxygens (including phenoxy) is 1. The van der Waals surface area contributed by atoms with Crippen LogP contribution in [0.2, 0.25) is 0 Å². The van der Waals surface area contributed by atoms with Gasteiger partial charge in [0.15, 0.2) is 0 Å². The van der Waals surface area contributed by atoms with Gasteiger partial charge in [-0.3, -0.25) is 42.7 Å². The van der Waals surface area contributed by atoms with Crippen molar-refractivity contribution in [3.05, 3.63) is 22.2 Å². The normalized spacial score (nSPS) is 17.7. The summed E-state index contributed by atoms with van der Waals surface area (Å²) in [5.74, 6) is -10.0. The largest absolute Gasteiger partial charge is 0.490 e. The number of nitrogens with two attached hydrogens (primary N) is 1. The Morgan fingerprint density at radius 1 is 0.717 bits per heavy atom. The Labute approximate surface area is 531 Å². The Kier molecular flexibility index (Phi) is 34.5. The third-order valence-corrected chi connectivity index (χ3v) is 18.0. The van der Waals surface area contributed by atoms with E-state index in [0.29, 0.717) is 6.29 Å². The van der Waals surface area contributed by atoms with Gasteiger partial charge < -0.3 is 108 Å². The third-order valence-electron chi connectivity index (χ3n) is 11.4. The summed E-state index contributed by atoms with van der Waals surface area (Å²) in [6, 6.07) is -11.2. The molecule has 0 saturated carbocycles. The molecule has 0 bridgehead atoms. The quantitative estimate of drug-likeness (QED) is 0.00727. The van der Waals surface area contributed by atoms with Crippen LogP contribution in [-0.4, -0.2) is 223 Å². The molecular weight excluding hydrogens is 1370 g/mol. The van der Waals surface area contributed by atoms with Crippen LogP contribution in [-0.2, 0) is 89.1 Å². The molecule has 1 fully saturated rings. The van der Waals surface area contributed by atoms with Crippen molar-refractivity contribution in [3.63, 3.8) is 0 Å². The smallest absolute Gasteiger partial charge is 0.481 e. The summed E-state index contributed by atoms with van der Waals surface area (Å²) >= 11 is 3.97. The van der Waals surface area contributed by atoms with Crippen molar-refractivity contribution < 1.29 is 144 Å². The van der Waals surface area contributed by atoms with E-state index in [1.165, 1.54) is 0 Å². The summed E-state index contributed by atoms with van der Waals surface area (Å²) in [5.41, 5.74) is 4.80. The predicted molar refractivity (Wildman–Crippen MR) is 312 cm³/mol. The minimum absolute atomic E-state index is 0.00618. The second kappa shape index (κ2) is 39.3. The molecule has 42 nitrogen and oxygen atoms in total. The highest BCUT2D eigenvalue weighted by atomic mass is 33.1. The number of phosphoric acid groups is 3. The zero-order valence-electron chi connectivity index (χ0n) is 47.3. The van der Waals surface area contributed by atoms with E-state index in [1.54, 1.807) is 10.6 Å². The lowest BCUT2D eigenvalue weighted by molar-refractivity contribution is -0.148. The van der Waals surface area contributed by atoms with Crippen LogP contribution in [0.1, 0.15) is 76.0 Å². The van der Waals surface area contributed by atoms with Gasteiger partial charge in [0.05, 0.1) is 56.5 Å². The summed E-state index contributed by atoms with van der Waals surface area (Å²) in [6.07, 6.45) is -7.42. The fourth-order valence-electron chi connectivity index (χ4n) is 7.12. The standard InChI is InChI=1S/C44H64N11O31P3S3/c45-37-21(16-55(44(75)54-37)35-15-28(57)29(84-35)18-83-88(79,80)86-89(81,82)85-87(76,77)78)5-4-9-46-30(58)7-10-91-92-20-27(53-43(74)48-22(17-56)19-90)38(65)47-8-3-1-2-6-31(59)49-23(39(66)67)11-32(60)50-24(40(68)69)12-33(61)51-25(41(70)71)13-34(62)52-26(42(72)73)14-36(63)64/h16-17,22-29,35,57,90H,1-3,6-15,18-20H2,(H,46,58)(H,47,65)(H,49,59)(H,50,60)(H,51,61)(H,52,62)(H,63,64)(H,66,67)(H,68,69)(H,70,71)(H,72,73)(H,79,80)(H,81,82)(H2,45,54,75)(H2,48,53,74)(H2,76,77,78)/t22-,23?,24?,25?,26?,27?,28?,29?,35?/m1/s1. The number of hydrogen-bond acceptors (Lipinski definition) is 27. The first-order chi connectivity index (χ1) is 42.8. The average molecular weight is 1430 g/mol. The van der Waals surface area contributed by atoms with E-state index in [2.05, 4.69) is 69.2 Å². The molecule has 1 aliphatic heterocycles. The molecule has 20 N–H and O–H groups in total. The monoisotopic (exact) mass is 1430 g/mol. The summed E-state index contributed by atoms with van der Waals surface area (Å²) in [4.78, 5) is 210. The Bertz CT molecular complexity index is 3150. The molecule has 0 aromatic carbocycles. The molecule has 0 spiro atoms. The van der Waals surface area contributed by atoms with Crippen molar-refractivity contribution in [1.29, 1.82) is 0 Å². The molecule has 8 amide bonds. The van der Waals surface area contributed by atoms with Crippen LogP contribution in [0.25, 0.3) is 0 Å². The van der Waals surface area contributed by atoms with Crippen molar-refractivity contribution in [2.45, 2.75) is 119 Å². The van der Waals surface area contributed by atoms with E-state index < -0.39 is 187 Å². The van der Waals surface area contributed by atoms with Crippen molar-refractivity contribution >= 4 is 141 Å². The lowest BCUT2D eigenvalue weighted by Crippen LogP contribution is -2.53. The molecule has 0 aliphatic carbocycles. The first-order valence-corrected chi connectivity index (χ1v) is 33.7. The number of carboxylic acid groups (broad SMARTS) is 5. The number of aliphatic hydroxyl groups excluding tert-OH is 1. The number of urea groups is 1. The lowest BCUT2D eigenvalue weighted by atomic mass is 10.1. The number of carbonyl (C=O) groups is 13. The second-order valence-electron chi connectivity index (χ2n) is 18.7. The van der Waals surface area contributed by atoms with Gasteiger partial charge in [-0.15, -0.1) is 0 Å². The number of hydrogen-bond donors (Lipinski definition) is 20. The summed E-state index contributed by atoms with van der Waals surface area (Å²) < 4.78 is 52.6. The number of phosphoric ester groups is 1. The van der Waals surface area contributed by atoms with E-state index >= 15 is 0 Å². The van der Waals surface area contributed by atoms with Gasteiger partial charge >= 0.3 is 65.0 Å². The van der Waals surface area contributed by atoms with Crippen LogP contribution >= 0.6 is 57.7 Å². The van der Waals surface area contributed by atoms with E-state index in [9.17, 15) is 111 Å². The van der Waals surface area contributed by atoms with Crippen LogP contribution in [0.5, 0.6) is 0 Å². The number of carboxylic acids is 5. The molecule has 1 aromatic rings. The topological polar surface area (TPSA) is 669 Å². The van der Waals surface area contributed by atoms with Crippen LogP contribution in [0, 0.1) is 11.8 Å². The van der Waals surface area contributed by atoms with Gasteiger partial charge in [0.1, 0.15) is 54.6 Å². The number of nitrogens with one attached hydrogen (secondary N) is 8. The van der Waals surface area contributed by atoms with E-state index in [-0.39, 0.29) is 80.3 Å². The number of amides is 8. The molecule has 2 rings (SSSR count). The number of rotatable bonds is 42. The fourth-order valence-corrected chi connectivity index (χ4v) is 12.5. The van der Waals surface area contributed by atoms with Gasteiger partial charge in [-0.1, -0.05) is 39.8 Å². The van der Waals surface area contributed by atoms with Crippen molar-refractivity contribution in [2.24, 2.45) is 0 Å². The first kappa shape index (κ1) is 80.8. The summed E-state index contributed by atoms with van der Waals surface area (Å²) in [6.45, 7) is -1.29. The van der Waals surface area contributed by atoms with Crippen molar-refractivity contribution in [3.8, 4) is 11.8 Å². The minimum atomic E-state index is -5.84. The molecule has 2 heterocycles. The maximum Gasteiger partial charge on any atom is 0.490 e. The maximum atomic E-state index is 13.2. The number of nitrogen functional groups attached to an aromatic ring is 1. The lowest BCUT2D eigenvalue weighted by Gasteiger charge is -2.20. The van der Waals surface area contributed by atoms with Gasteiger partial charge in [-0.25, -0.2) is 42.5 Å². The molecule has 11 atom stereocenters. The average Bonchev–Trinajstić information content (AvgIpc) is 1.61. The Morgan fingerprint density at radius 3 is 1.77 bits per heavy atom. The number of anilines is 1. The Hall–Kier alpha value is -7.27. The second-order valence-corrected chi connectivity index (χ2v) is 26.1. The van der Waals surface area contributed by atoms with Crippen molar-refractivity contribution in [1.82, 2.24) is 52.1 Å². The number of aliphatic carboxylic acids is 5. The molecule has 48 heteroatoms. The number of aromatic nitrogens is 2. The van der Waals surface area contributed by atoms with E-state index in [1.807, 2.05) is 5.32 Å². The molecule has 92 heavy (non-hydrogen) atoms. The van der Waals surface area contributed by atoms with E-state index in [0.717, 1.165) is 32.4 Å². The number of thiol groups is 1. The number of unbranched alkanes of at least 4 members (excludes halogenated alkanes) is 2. The molecule has 0 radical (unpaired) electrons. The highest BCUT2D eigenvalue weighted by molar-refractivity contribution is 8.76. The first-order valence-electron chi connectivity index (χ1n) is 26.1. The molecule has 1 aromatic heterocycles. The number of carbonyl (C=O) groups excluding carboxylic acids is 8. The van der Waals surface area contributed by atoms with E-state index in [4.69, 9.17) is 30.5 Å². The molecule has 10 unspecified atom stereocenters. The zero-order valence-corrected chi connectivity index (χ0v) is 52.5. The van der Waals surface area contributed by atoms with Crippen molar-refractivity contribution in [2.75, 3.05) is 42.7 Å². The van der Waals surface area contributed by atoms with Crippen LogP contribution in [0.3, 0.4) is 0 Å². The zero-order chi connectivity index (χ0) is 69.7. The number of nitrogens with zero attached hydrogens (tertiary/aromatic N) is 2. The van der Waals surface area contributed by atoms with Gasteiger partial charge in [-0.05, 0) is 12.8 Å². The minimum Gasteiger partial charge on any atom is -0.481 e. The van der Waals surface area contributed by atoms with Gasteiger partial charge in [0, 0.05) is 49.3 Å². The molecule has 1 saturated heterocycles. The number of aliphatic hydroxyl groups is 1. The van der Waals surface area contributed by atoms with Gasteiger partial charge in [0.2, 0.25) is 35.4 Å². The van der Waals surface area contributed by atoms with Crippen LogP contribution in [0.4, 0.5) is 10.6 Å². The molecular formula is C44H64N11O31P3S3. The highest BCUT2D eigenvalue weighted by Crippen LogP contribution is 2.66. The van der Waals surface area contributed by atoms with Gasteiger partial charge in [0.25, 0.3) is 0 Å². The summed E-state index contributed by atoms with van der Waals surface area (Å²) in [5, 5.41) is 74.5. The van der Waals surface area contributed by atoms with Gasteiger partial charge in [-0.2, -0.15) is 26.2 Å². The third kappa shape index (κ3) is 32.3. The SMILES string of the molecule is Nc1nc(=O)n(C2CC(O)C(COP(=O)(O)OP(=O)(O)OP(=O)(O)O)O2)cc1C#CCNC(=O)CCSSCC(NC(=O)N[C@H](C=O)CS)C(=O)NCCCCCC(=O)NC(CC(=O)NC(CC(=O)NC(CC(=O)NC(CC(=O)O)C(=O)O)C(=O)O)C(=O)O)C(=O)O. The van der Waals surface area contributed by atoms with Crippen LogP contribution < -0.4 is 54.0 Å². The predicted octanol–water partition coefficient (Wildman–Crippen LogP) is -5.18. The molecule has 1 aliphatic rings. The number of aldehydes is 1. The summed E-state index contributed by atoms with van der Waals surface area (Å²) in [7, 11) is -14.9. The Balaban J connectivity index is 1.88. The highest BCUT2D eigenvalue weighted by Gasteiger charge is 2.43.